The third-order valence-electron chi connectivity index (χ3n) is 4.47. The first-order chi connectivity index (χ1) is 15.1. The largest absolute Gasteiger partial charge is 0.497 e. The van der Waals surface area contributed by atoms with Crippen molar-refractivity contribution in [1.82, 2.24) is 14.8 Å². The minimum absolute atomic E-state index is 0.176. The third kappa shape index (κ3) is 5.49. The van der Waals surface area contributed by atoms with Gasteiger partial charge in [-0.2, -0.15) is 0 Å². The molecule has 0 aliphatic heterocycles. The number of nitrogens with one attached hydrogen (secondary N) is 1. The molecule has 0 aliphatic carbocycles. The van der Waals surface area contributed by atoms with Gasteiger partial charge in [-0.1, -0.05) is 11.8 Å². The first-order valence-corrected chi connectivity index (χ1v) is 10.9. The van der Waals surface area contributed by atoms with Crippen LogP contribution in [0.15, 0.2) is 47.6 Å². The molecule has 0 unspecified atom stereocenters. The fraction of sp³-hybridized carbons (Fsp3) is 0.318. The maximum absolute atomic E-state index is 12.5. The molecule has 0 fully saturated rings. The number of carbonyl (C=O) groups excluding carboxylic acids is 1. The molecule has 1 amide bonds. The Morgan fingerprint density at radius 3 is 2.42 bits per heavy atom. The molecule has 0 saturated carbocycles. The summed E-state index contributed by atoms with van der Waals surface area (Å²) in [5.74, 6) is 2.77. The van der Waals surface area contributed by atoms with Crippen molar-refractivity contribution in [1.29, 1.82) is 0 Å². The first kappa shape index (κ1) is 22.5. The van der Waals surface area contributed by atoms with Gasteiger partial charge in [0.25, 0.3) is 0 Å². The van der Waals surface area contributed by atoms with E-state index in [0.29, 0.717) is 35.5 Å². The van der Waals surface area contributed by atoms with Gasteiger partial charge in [0.05, 0.1) is 32.3 Å². The van der Waals surface area contributed by atoms with E-state index < -0.39 is 0 Å². The van der Waals surface area contributed by atoms with E-state index in [4.69, 9.17) is 14.2 Å². The third-order valence-corrected chi connectivity index (χ3v) is 5.44. The highest BCUT2D eigenvalue weighted by molar-refractivity contribution is 7.99. The Hall–Kier alpha value is -3.20. The molecule has 1 aromatic heterocycles. The average Bonchev–Trinajstić information content (AvgIpc) is 3.21. The highest BCUT2D eigenvalue weighted by Gasteiger charge is 2.16. The van der Waals surface area contributed by atoms with Crippen LogP contribution in [-0.4, -0.2) is 47.3 Å². The Morgan fingerprint density at radius 1 is 1.03 bits per heavy atom. The zero-order valence-corrected chi connectivity index (χ0v) is 18.9. The number of thioether (sulfide) groups is 1. The van der Waals surface area contributed by atoms with Gasteiger partial charge in [-0.05, 0) is 50.2 Å². The number of hydrogen-bond acceptors (Lipinski definition) is 7. The highest BCUT2D eigenvalue weighted by Crippen LogP contribution is 2.30. The molecule has 1 heterocycles. The first-order valence-electron chi connectivity index (χ1n) is 9.90. The Morgan fingerprint density at radius 2 is 1.77 bits per heavy atom. The number of rotatable bonds is 10. The van der Waals surface area contributed by atoms with Crippen LogP contribution in [0.2, 0.25) is 0 Å². The molecule has 0 radical (unpaired) electrons. The van der Waals surface area contributed by atoms with Crippen LogP contribution in [-0.2, 0) is 11.3 Å². The molecule has 2 aromatic carbocycles. The fourth-order valence-electron chi connectivity index (χ4n) is 2.99. The van der Waals surface area contributed by atoms with E-state index >= 15 is 0 Å². The quantitative estimate of drug-likeness (QED) is 0.473. The molecular formula is C22H26N4O4S. The van der Waals surface area contributed by atoms with E-state index in [1.54, 1.807) is 32.4 Å². The molecule has 1 N–H and O–H groups in total. The molecule has 0 spiro atoms. The SMILES string of the molecule is CCOc1ccc(-c2nnc(SCC(=O)Nc3cc(OC)ccc3OC)n2CC)cc1. The minimum Gasteiger partial charge on any atom is -0.497 e. The molecule has 8 nitrogen and oxygen atoms in total. The Labute approximate surface area is 185 Å². The van der Waals surface area contributed by atoms with Crippen molar-refractivity contribution >= 4 is 23.4 Å². The summed E-state index contributed by atoms with van der Waals surface area (Å²) in [6.07, 6.45) is 0. The predicted octanol–water partition coefficient (Wildman–Crippen LogP) is 4.11. The lowest BCUT2D eigenvalue weighted by atomic mass is 10.2. The van der Waals surface area contributed by atoms with Gasteiger partial charge >= 0.3 is 0 Å². The van der Waals surface area contributed by atoms with Gasteiger partial charge in [-0.3, -0.25) is 4.79 Å². The van der Waals surface area contributed by atoms with Crippen molar-refractivity contribution in [2.45, 2.75) is 25.5 Å². The van der Waals surface area contributed by atoms with Crippen LogP contribution in [0.25, 0.3) is 11.4 Å². The van der Waals surface area contributed by atoms with Crippen molar-refractivity contribution in [3.63, 3.8) is 0 Å². The Balaban J connectivity index is 1.69. The normalized spacial score (nSPS) is 10.6. The Kier molecular flexibility index (Phi) is 7.77. The van der Waals surface area contributed by atoms with Gasteiger partial charge in [-0.25, -0.2) is 0 Å². The summed E-state index contributed by atoms with van der Waals surface area (Å²) in [4.78, 5) is 12.5. The van der Waals surface area contributed by atoms with Crippen LogP contribution < -0.4 is 19.5 Å². The van der Waals surface area contributed by atoms with Crippen LogP contribution in [0.3, 0.4) is 0 Å². The van der Waals surface area contributed by atoms with Crippen LogP contribution >= 0.6 is 11.8 Å². The summed E-state index contributed by atoms with van der Waals surface area (Å²) in [6, 6.07) is 13.0. The zero-order valence-electron chi connectivity index (χ0n) is 18.0. The number of aromatic nitrogens is 3. The van der Waals surface area contributed by atoms with E-state index in [2.05, 4.69) is 15.5 Å². The van der Waals surface area contributed by atoms with Gasteiger partial charge in [0.2, 0.25) is 5.91 Å². The number of methoxy groups -OCH3 is 2. The number of benzene rings is 2. The van der Waals surface area contributed by atoms with E-state index in [-0.39, 0.29) is 11.7 Å². The summed E-state index contributed by atoms with van der Waals surface area (Å²) in [7, 11) is 3.13. The second-order valence-electron chi connectivity index (χ2n) is 6.41. The summed E-state index contributed by atoms with van der Waals surface area (Å²) in [5, 5.41) is 12.2. The average molecular weight is 443 g/mol. The number of hydrogen-bond donors (Lipinski definition) is 1. The molecule has 0 atom stereocenters. The second kappa shape index (κ2) is 10.7. The molecule has 0 aliphatic rings. The fourth-order valence-corrected chi connectivity index (χ4v) is 3.79. The summed E-state index contributed by atoms with van der Waals surface area (Å²) in [5.41, 5.74) is 1.50. The van der Waals surface area contributed by atoms with Crippen LogP contribution in [0, 0.1) is 0 Å². The number of nitrogens with zero attached hydrogens (tertiary/aromatic N) is 3. The van der Waals surface area contributed by atoms with Crippen molar-refractivity contribution in [2.24, 2.45) is 0 Å². The van der Waals surface area contributed by atoms with Crippen molar-refractivity contribution in [3.05, 3.63) is 42.5 Å². The number of carbonyl (C=O) groups is 1. The predicted molar refractivity (Wildman–Crippen MR) is 121 cm³/mol. The van der Waals surface area contributed by atoms with Gasteiger partial charge in [-0.15, -0.1) is 10.2 Å². The summed E-state index contributed by atoms with van der Waals surface area (Å²) >= 11 is 1.33. The van der Waals surface area contributed by atoms with Crippen molar-refractivity contribution < 1.29 is 19.0 Å². The standard InChI is InChI=1S/C22H26N4O4S/c1-5-26-21(15-7-9-16(10-8-15)30-6-2)24-25-22(26)31-14-20(27)23-18-13-17(28-3)11-12-19(18)29-4/h7-13H,5-6,14H2,1-4H3,(H,23,27). The molecule has 0 saturated heterocycles. The van der Waals surface area contributed by atoms with E-state index in [1.165, 1.54) is 11.8 Å². The summed E-state index contributed by atoms with van der Waals surface area (Å²) in [6.45, 7) is 5.27. The van der Waals surface area contributed by atoms with Gasteiger partial charge < -0.3 is 24.1 Å². The molecular weight excluding hydrogens is 416 g/mol. The van der Waals surface area contributed by atoms with Crippen molar-refractivity contribution in [2.75, 3.05) is 31.9 Å². The van der Waals surface area contributed by atoms with E-state index in [0.717, 1.165) is 17.1 Å². The van der Waals surface area contributed by atoms with Gasteiger partial charge in [0.1, 0.15) is 17.2 Å². The lowest BCUT2D eigenvalue weighted by Gasteiger charge is -2.12. The van der Waals surface area contributed by atoms with Gasteiger partial charge in [0.15, 0.2) is 11.0 Å². The van der Waals surface area contributed by atoms with Crippen molar-refractivity contribution in [3.8, 4) is 28.6 Å². The minimum atomic E-state index is -0.176. The van der Waals surface area contributed by atoms with E-state index in [9.17, 15) is 4.79 Å². The molecule has 3 aromatic rings. The number of anilines is 1. The highest BCUT2D eigenvalue weighted by atomic mass is 32.2. The maximum Gasteiger partial charge on any atom is 0.234 e. The van der Waals surface area contributed by atoms with Crippen LogP contribution in [0.4, 0.5) is 5.69 Å². The lowest BCUT2D eigenvalue weighted by molar-refractivity contribution is -0.113. The number of ether oxygens (including phenoxy) is 3. The summed E-state index contributed by atoms with van der Waals surface area (Å²) < 4.78 is 18.0. The zero-order chi connectivity index (χ0) is 22.2. The van der Waals surface area contributed by atoms with E-state index in [1.807, 2.05) is 42.7 Å². The molecule has 0 bridgehead atoms. The van der Waals surface area contributed by atoms with Gasteiger partial charge in [0, 0.05) is 18.2 Å². The lowest BCUT2D eigenvalue weighted by Crippen LogP contribution is -2.15. The van der Waals surface area contributed by atoms with Crippen LogP contribution in [0.5, 0.6) is 17.2 Å². The molecule has 164 valence electrons. The topological polar surface area (TPSA) is 87.5 Å². The molecule has 31 heavy (non-hydrogen) atoms. The molecule has 3 rings (SSSR count). The Bertz CT molecular complexity index is 1020. The monoisotopic (exact) mass is 442 g/mol. The molecule has 9 heteroatoms. The maximum atomic E-state index is 12.5. The smallest absolute Gasteiger partial charge is 0.234 e. The number of amides is 1. The second-order valence-corrected chi connectivity index (χ2v) is 7.35. The van der Waals surface area contributed by atoms with Crippen LogP contribution in [0.1, 0.15) is 13.8 Å².